The van der Waals surface area contributed by atoms with Crippen LogP contribution in [0.3, 0.4) is 0 Å². The van der Waals surface area contributed by atoms with Gasteiger partial charge in [-0.1, -0.05) is 0 Å². The van der Waals surface area contributed by atoms with Crippen molar-refractivity contribution >= 4 is 5.97 Å². The zero-order valence-electron chi connectivity index (χ0n) is 12.3. The van der Waals surface area contributed by atoms with Crippen molar-refractivity contribution in [2.45, 2.75) is 13.5 Å². The fourth-order valence-electron chi connectivity index (χ4n) is 1.88. The maximum Gasteiger partial charge on any atom is 0.349 e. The number of nitrogens with zero attached hydrogens (tertiary/aromatic N) is 1. The van der Waals surface area contributed by atoms with Gasteiger partial charge in [-0.25, -0.2) is 13.6 Å². The first-order chi connectivity index (χ1) is 11.0. The third kappa shape index (κ3) is 4.11. The number of esters is 1. The maximum absolute atomic E-state index is 14.0. The van der Waals surface area contributed by atoms with Gasteiger partial charge in [0.1, 0.15) is 22.9 Å². The van der Waals surface area contributed by atoms with E-state index in [-0.39, 0.29) is 17.9 Å². The van der Waals surface area contributed by atoms with E-state index >= 15 is 0 Å². The summed E-state index contributed by atoms with van der Waals surface area (Å²) in [6.45, 7) is 2.22. The monoisotopic (exact) mass is 317 g/mol. The normalized spacial score (nSPS) is 10.2. The second-order valence-electron chi connectivity index (χ2n) is 4.60. The van der Waals surface area contributed by atoms with Gasteiger partial charge in [0.2, 0.25) is 0 Å². The molecule has 0 aromatic heterocycles. The molecule has 0 heterocycles. The van der Waals surface area contributed by atoms with E-state index in [2.05, 4.69) is 0 Å². The van der Waals surface area contributed by atoms with Gasteiger partial charge < -0.3 is 9.47 Å². The van der Waals surface area contributed by atoms with Crippen LogP contribution in [0.15, 0.2) is 36.4 Å². The highest BCUT2D eigenvalue weighted by Gasteiger charge is 2.21. The van der Waals surface area contributed by atoms with Gasteiger partial charge in [0.15, 0.2) is 0 Å². The number of ether oxygens (including phenoxy) is 2. The van der Waals surface area contributed by atoms with Gasteiger partial charge in [-0.05, 0) is 48.9 Å². The van der Waals surface area contributed by atoms with Crippen LogP contribution in [0, 0.1) is 23.0 Å². The molecule has 0 spiro atoms. The van der Waals surface area contributed by atoms with E-state index in [1.807, 2.05) is 6.07 Å². The molecule has 2 rings (SSSR count). The molecule has 0 radical (unpaired) electrons. The van der Waals surface area contributed by atoms with Crippen molar-refractivity contribution in [1.82, 2.24) is 0 Å². The molecule has 0 N–H and O–H groups in total. The van der Waals surface area contributed by atoms with Crippen molar-refractivity contribution in [3.05, 3.63) is 64.7 Å². The van der Waals surface area contributed by atoms with E-state index in [4.69, 9.17) is 14.7 Å². The van der Waals surface area contributed by atoms with Crippen LogP contribution < -0.4 is 4.74 Å². The Kier molecular flexibility index (Phi) is 5.39. The predicted molar refractivity (Wildman–Crippen MR) is 77.8 cm³/mol. The van der Waals surface area contributed by atoms with E-state index in [1.165, 1.54) is 24.3 Å². The summed E-state index contributed by atoms with van der Waals surface area (Å²) in [5, 5.41) is 8.68. The Morgan fingerprint density at radius 1 is 1.17 bits per heavy atom. The standard InChI is InChI=1S/C17H13F2NO3/c1-2-22-10-12-7-14(18)16(15(19)8-12)17(21)23-13-5-3-11(9-20)4-6-13/h3-8H,2,10H2,1H3. The number of halogens is 2. The largest absolute Gasteiger partial charge is 0.423 e. The van der Waals surface area contributed by atoms with Crippen LogP contribution in [0.5, 0.6) is 5.75 Å². The number of nitriles is 1. The Labute approximate surface area is 131 Å². The molecule has 0 saturated carbocycles. The summed E-state index contributed by atoms with van der Waals surface area (Å²) < 4.78 is 37.9. The number of benzene rings is 2. The lowest BCUT2D eigenvalue weighted by atomic mass is 10.1. The molecule has 0 aliphatic carbocycles. The van der Waals surface area contributed by atoms with Crippen molar-refractivity contribution in [1.29, 1.82) is 5.26 Å². The quantitative estimate of drug-likeness (QED) is 0.624. The molecule has 0 atom stereocenters. The van der Waals surface area contributed by atoms with Crippen LogP contribution in [0.4, 0.5) is 8.78 Å². The van der Waals surface area contributed by atoms with Crippen molar-refractivity contribution in [3.8, 4) is 11.8 Å². The van der Waals surface area contributed by atoms with Gasteiger partial charge in [-0.2, -0.15) is 5.26 Å². The van der Waals surface area contributed by atoms with Crippen molar-refractivity contribution < 1.29 is 23.0 Å². The molecule has 2 aromatic rings. The van der Waals surface area contributed by atoms with E-state index in [0.717, 1.165) is 12.1 Å². The molecule has 23 heavy (non-hydrogen) atoms. The van der Waals surface area contributed by atoms with Gasteiger partial charge >= 0.3 is 5.97 Å². The molecule has 118 valence electrons. The van der Waals surface area contributed by atoms with Gasteiger partial charge in [-0.3, -0.25) is 0 Å². The summed E-state index contributed by atoms with van der Waals surface area (Å²) in [4.78, 5) is 11.9. The molecule has 2 aromatic carbocycles. The van der Waals surface area contributed by atoms with Crippen LogP contribution in [0.1, 0.15) is 28.4 Å². The average molecular weight is 317 g/mol. The topological polar surface area (TPSA) is 59.3 Å². The van der Waals surface area contributed by atoms with Gasteiger partial charge in [-0.15, -0.1) is 0 Å². The van der Waals surface area contributed by atoms with Crippen LogP contribution >= 0.6 is 0 Å². The Morgan fingerprint density at radius 2 is 1.78 bits per heavy atom. The highest BCUT2D eigenvalue weighted by atomic mass is 19.1. The first-order valence-electron chi connectivity index (χ1n) is 6.83. The smallest absolute Gasteiger partial charge is 0.349 e. The predicted octanol–water partition coefficient (Wildman–Crippen LogP) is 3.59. The zero-order chi connectivity index (χ0) is 16.8. The molecule has 4 nitrogen and oxygen atoms in total. The van der Waals surface area contributed by atoms with Gasteiger partial charge in [0, 0.05) is 6.61 Å². The second kappa shape index (κ2) is 7.47. The van der Waals surface area contributed by atoms with Crippen LogP contribution in [0.2, 0.25) is 0 Å². The minimum absolute atomic E-state index is 0.0509. The lowest BCUT2D eigenvalue weighted by Crippen LogP contribution is -2.14. The number of carbonyl (C=O) groups excluding carboxylic acids is 1. The second-order valence-corrected chi connectivity index (χ2v) is 4.60. The third-order valence-corrected chi connectivity index (χ3v) is 2.97. The van der Waals surface area contributed by atoms with Crippen LogP contribution in [0.25, 0.3) is 0 Å². The lowest BCUT2D eigenvalue weighted by molar-refractivity contribution is 0.0724. The van der Waals surface area contributed by atoms with E-state index < -0.39 is 23.2 Å². The highest BCUT2D eigenvalue weighted by Crippen LogP contribution is 2.20. The fraction of sp³-hybridized carbons (Fsp3) is 0.176. The molecular weight excluding hydrogens is 304 g/mol. The summed E-state index contributed by atoms with van der Waals surface area (Å²) in [6, 6.07) is 9.58. The zero-order valence-corrected chi connectivity index (χ0v) is 12.3. The summed E-state index contributed by atoms with van der Waals surface area (Å²) in [5.41, 5.74) is -0.103. The van der Waals surface area contributed by atoms with E-state index in [9.17, 15) is 13.6 Å². The molecule has 0 aliphatic rings. The minimum atomic E-state index is -1.15. The number of hydrogen-bond acceptors (Lipinski definition) is 4. The average Bonchev–Trinajstić information content (AvgIpc) is 2.53. The Bertz CT molecular complexity index is 728. The molecular formula is C17H13F2NO3. The minimum Gasteiger partial charge on any atom is -0.423 e. The first kappa shape index (κ1) is 16.6. The SMILES string of the molecule is CCOCc1cc(F)c(C(=O)Oc2ccc(C#N)cc2)c(F)c1. The van der Waals surface area contributed by atoms with Crippen LogP contribution in [-0.4, -0.2) is 12.6 Å². The number of rotatable bonds is 5. The molecule has 0 saturated heterocycles. The maximum atomic E-state index is 14.0. The molecule has 0 fully saturated rings. The van der Waals surface area contributed by atoms with Crippen molar-refractivity contribution in [3.63, 3.8) is 0 Å². The summed E-state index contributed by atoms with van der Waals surface area (Å²) in [7, 11) is 0. The summed E-state index contributed by atoms with van der Waals surface area (Å²) in [5.74, 6) is -3.09. The molecule has 6 heteroatoms. The molecule has 0 unspecified atom stereocenters. The van der Waals surface area contributed by atoms with Gasteiger partial charge in [0.05, 0.1) is 18.2 Å². The Hall–Kier alpha value is -2.78. The first-order valence-corrected chi connectivity index (χ1v) is 6.83. The van der Waals surface area contributed by atoms with Crippen molar-refractivity contribution in [2.75, 3.05) is 6.61 Å². The van der Waals surface area contributed by atoms with E-state index in [1.54, 1.807) is 6.92 Å². The van der Waals surface area contributed by atoms with Crippen molar-refractivity contribution in [2.24, 2.45) is 0 Å². The Balaban J connectivity index is 2.19. The fourth-order valence-corrected chi connectivity index (χ4v) is 1.88. The Morgan fingerprint density at radius 3 is 2.30 bits per heavy atom. The lowest BCUT2D eigenvalue weighted by Gasteiger charge is -2.08. The summed E-state index contributed by atoms with van der Waals surface area (Å²) >= 11 is 0. The molecule has 0 amide bonds. The van der Waals surface area contributed by atoms with E-state index in [0.29, 0.717) is 12.2 Å². The molecule has 0 bridgehead atoms. The molecule has 0 aliphatic heterocycles. The number of carbonyl (C=O) groups is 1. The highest BCUT2D eigenvalue weighted by molar-refractivity contribution is 5.91. The third-order valence-electron chi connectivity index (χ3n) is 2.97. The number of hydrogen-bond donors (Lipinski definition) is 0. The summed E-state index contributed by atoms with van der Waals surface area (Å²) in [6.07, 6.45) is 0. The van der Waals surface area contributed by atoms with Crippen LogP contribution in [-0.2, 0) is 11.3 Å². The van der Waals surface area contributed by atoms with Gasteiger partial charge in [0.25, 0.3) is 0 Å².